The molecule has 0 bridgehead atoms. The van der Waals surface area contributed by atoms with E-state index >= 15 is 0 Å². The summed E-state index contributed by atoms with van der Waals surface area (Å²) in [5, 5.41) is 21.3. The van der Waals surface area contributed by atoms with Gasteiger partial charge in [-0.2, -0.15) is 5.10 Å². The fourth-order valence-corrected chi connectivity index (χ4v) is 0.864. The monoisotopic (exact) mass is 185 g/mol. The van der Waals surface area contributed by atoms with Gasteiger partial charge < -0.3 is 15.9 Å². The van der Waals surface area contributed by atoms with Gasteiger partial charge in [0.1, 0.15) is 0 Å². The third-order valence-electron chi connectivity index (χ3n) is 1.53. The lowest BCUT2D eigenvalue weighted by Gasteiger charge is -2.05. The molecule has 0 aliphatic carbocycles. The minimum Gasteiger partial charge on any atom is -0.394 e. The van der Waals surface area contributed by atoms with Crippen molar-refractivity contribution >= 4 is 5.91 Å². The van der Waals surface area contributed by atoms with Crippen LogP contribution in [0, 0.1) is 0 Å². The lowest BCUT2D eigenvalue weighted by molar-refractivity contribution is 0.0782. The van der Waals surface area contributed by atoms with Crippen LogP contribution in [0.4, 0.5) is 0 Å². The number of primary amides is 1. The summed E-state index contributed by atoms with van der Waals surface area (Å²) in [7, 11) is 0. The van der Waals surface area contributed by atoms with Gasteiger partial charge in [-0.25, -0.2) is 0 Å². The van der Waals surface area contributed by atoms with Crippen LogP contribution in [0.3, 0.4) is 0 Å². The number of aliphatic hydroxyl groups excluding tert-OH is 2. The second-order valence-electron chi connectivity index (χ2n) is 2.65. The summed E-state index contributed by atoms with van der Waals surface area (Å²) in [4.78, 5) is 10.6. The lowest BCUT2D eigenvalue weighted by Crippen LogP contribution is -2.20. The van der Waals surface area contributed by atoms with Gasteiger partial charge in [-0.05, 0) is 0 Å². The molecular formula is C7H11N3O3. The van der Waals surface area contributed by atoms with Gasteiger partial charge in [0.2, 0.25) is 0 Å². The second kappa shape index (κ2) is 4.01. The van der Waals surface area contributed by atoms with E-state index in [4.69, 9.17) is 15.9 Å². The zero-order valence-electron chi connectivity index (χ0n) is 6.92. The summed E-state index contributed by atoms with van der Waals surface area (Å²) in [5.74, 6) is -0.565. The highest BCUT2D eigenvalue weighted by molar-refractivity contribution is 5.92. The zero-order chi connectivity index (χ0) is 9.84. The van der Waals surface area contributed by atoms with Crippen molar-refractivity contribution in [2.45, 2.75) is 12.6 Å². The summed E-state index contributed by atoms with van der Waals surface area (Å²) in [6.07, 6.45) is 1.86. The van der Waals surface area contributed by atoms with E-state index in [2.05, 4.69) is 5.10 Å². The number of hydrogen-bond acceptors (Lipinski definition) is 4. The Hall–Kier alpha value is -1.40. The number of aromatic nitrogens is 2. The third kappa shape index (κ3) is 2.53. The fraction of sp³-hybridized carbons (Fsp3) is 0.429. The Bertz CT molecular complexity index is 297. The molecule has 1 aromatic heterocycles. The van der Waals surface area contributed by atoms with Crippen LogP contribution in [0.1, 0.15) is 10.4 Å². The minimum atomic E-state index is -0.874. The van der Waals surface area contributed by atoms with Crippen LogP contribution in [0.25, 0.3) is 0 Å². The molecule has 0 saturated carbocycles. The Morgan fingerprint density at radius 3 is 2.92 bits per heavy atom. The smallest absolute Gasteiger partial charge is 0.251 e. The van der Waals surface area contributed by atoms with Gasteiger partial charge in [-0.3, -0.25) is 9.48 Å². The van der Waals surface area contributed by atoms with Crippen LogP contribution in [0.5, 0.6) is 0 Å². The second-order valence-corrected chi connectivity index (χ2v) is 2.65. The Morgan fingerprint density at radius 2 is 2.46 bits per heavy atom. The van der Waals surface area contributed by atoms with Gasteiger partial charge >= 0.3 is 0 Å². The first-order valence-corrected chi connectivity index (χ1v) is 3.74. The van der Waals surface area contributed by atoms with Crippen LogP contribution in [-0.4, -0.2) is 38.6 Å². The normalized spacial score (nSPS) is 12.8. The molecule has 0 aromatic carbocycles. The van der Waals surface area contributed by atoms with Gasteiger partial charge in [-0.15, -0.1) is 0 Å². The number of nitrogens with two attached hydrogens (primary N) is 1. The summed E-state index contributed by atoms with van der Waals surface area (Å²) in [5.41, 5.74) is 5.27. The molecule has 4 N–H and O–H groups in total. The Morgan fingerprint density at radius 1 is 1.77 bits per heavy atom. The summed E-state index contributed by atoms with van der Waals surface area (Å²) in [6.45, 7) is -0.199. The van der Waals surface area contributed by atoms with E-state index in [1.54, 1.807) is 0 Å². The molecule has 6 nitrogen and oxygen atoms in total. The van der Waals surface area contributed by atoms with Crippen LogP contribution < -0.4 is 5.73 Å². The number of amides is 1. The molecule has 0 aliphatic heterocycles. The maximum Gasteiger partial charge on any atom is 0.251 e. The summed E-state index contributed by atoms with van der Waals surface area (Å²) in [6, 6.07) is 0. The molecule has 1 aromatic rings. The third-order valence-corrected chi connectivity index (χ3v) is 1.53. The SMILES string of the molecule is NC(=O)c1cnn(CC(O)CO)c1. The van der Waals surface area contributed by atoms with Gasteiger partial charge in [0.15, 0.2) is 0 Å². The maximum atomic E-state index is 10.6. The van der Waals surface area contributed by atoms with E-state index in [0.717, 1.165) is 0 Å². The first-order chi connectivity index (χ1) is 6.13. The highest BCUT2D eigenvalue weighted by Gasteiger charge is 2.07. The van der Waals surface area contributed by atoms with Crippen molar-refractivity contribution in [2.24, 2.45) is 5.73 Å². The minimum absolute atomic E-state index is 0.143. The predicted octanol–water partition coefficient (Wildman–Crippen LogP) is -1.66. The van der Waals surface area contributed by atoms with E-state index in [-0.39, 0.29) is 18.7 Å². The molecule has 1 heterocycles. The highest BCUT2D eigenvalue weighted by atomic mass is 16.3. The number of carbonyl (C=O) groups excluding carboxylic acids is 1. The Labute approximate surface area is 74.6 Å². The molecular weight excluding hydrogens is 174 g/mol. The number of rotatable bonds is 4. The standard InChI is InChI=1S/C7H11N3O3/c8-7(13)5-1-9-10(2-5)3-6(12)4-11/h1-2,6,11-12H,3-4H2,(H2,8,13). The highest BCUT2D eigenvalue weighted by Crippen LogP contribution is 1.97. The van der Waals surface area contributed by atoms with Crippen molar-refractivity contribution in [1.29, 1.82) is 0 Å². The molecule has 0 saturated heterocycles. The van der Waals surface area contributed by atoms with Gasteiger partial charge in [0, 0.05) is 6.20 Å². The van der Waals surface area contributed by atoms with Crippen molar-refractivity contribution in [3.05, 3.63) is 18.0 Å². The van der Waals surface area contributed by atoms with E-state index in [0.29, 0.717) is 0 Å². The fourth-order valence-electron chi connectivity index (χ4n) is 0.864. The van der Waals surface area contributed by atoms with Crippen molar-refractivity contribution in [3.63, 3.8) is 0 Å². The molecule has 0 aliphatic rings. The van der Waals surface area contributed by atoms with E-state index in [1.165, 1.54) is 17.1 Å². The van der Waals surface area contributed by atoms with Crippen molar-refractivity contribution < 1.29 is 15.0 Å². The topological polar surface area (TPSA) is 101 Å². The van der Waals surface area contributed by atoms with Crippen molar-refractivity contribution in [3.8, 4) is 0 Å². The zero-order valence-corrected chi connectivity index (χ0v) is 6.92. The lowest BCUT2D eigenvalue weighted by atomic mass is 10.3. The molecule has 0 spiro atoms. The van der Waals surface area contributed by atoms with Gasteiger partial charge in [-0.1, -0.05) is 0 Å². The van der Waals surface area contributed by atoms with Crippen LogP contribution >= 0.6 is 0 Å². The molecule has 13 heavy (non-hydrogen) atoms. The van der Waals surface area contributed by atoms with Gasteiger partial charge in [0.05, 0.1) is 31.0 Å². The number of aliphatic hydroxyl groups is 2. The molecule has 6 heteroatoms. The largest absolute Gasteiger partial charge is 0.394 e. The first kappa shape index (κ1) is 9.69. The van der Waals surface area contributed by atoms with E-state index in [1.807, 2.05) is 0 Å². The van der Waals surface area contributed by atoms with Crippen LogP contribution in [0.15, 0.2) is 12.4 Å². The van der Waals surface area contributed by atoms with Crippen molar-refractivity contribution in [1.82, 2.24) is 9.78 Å². The molecule has 1 atom stereocenters. The van der Waals surface area contributed by atoms with Crippen LogP contribution in [0.2, 0.25) is 0 Å². The quantitative estimate of drug-likeness (QED) is 0.522. The number of nitrogens with zero attached hydrogens (tertiary/aromatic N) is 2. The molecule has 1 rings (SSSR count). The predicted molar refractivity (Wildman–Crippen MR) is 43.8 cm³/mol. The molecule has 0 fully saturated rings. The van der Waals surface area contributed by atoms with Crippen molar-refractivity contribution in [2.75, 3.05) is 6.61 Å². The van der Waals surface area contributed by atoms with Gasteiger partial charge in [0.25, 0.3) is 5.91 Å². The first-order valence-electron chi connectivity index (χ1n) is 3.74. The van der Waals surface area contributed by atoms with E-state index in [9.17, 15) is 4.79 Å². The van der Waals surface area contributed by atoms with Crippen LogP contribution in [-0.2, 0) is 6.54 Å². The molecule has 72 valence electrons. The van der Waals surface area contributed by atoms with E-state index < -0.39 is 12.0 Å². The Kier molecular flexibility index (Phi) is 2.99. The number of hydrogen-bond donors (Lipinski definition) is 3. The molecule has 0 radical (unpaired) electrons. The average Bonchev–Trinajstić information content (AvgIpc) is 2.52. The summed E-state index contributed by atoms with van der Waals surface area (Å²) < 4.78 is 1.35. The number of carbonyl (C=O) groups is 1. The molecule has 1 amide bonds. The maximum absolute atomic E-state index is 10.6. The Balaban J connectivity index is 2.64. The summed E-state index contributed by atoms with van der Waals surface area (Å²) >= 11 is 0. The molecule has 1 unspecified atom stereocenters. The average molecular weight is 185 g/mol.